The Morgan fingerprint density at radius 2 is 1.84 bits per heavy atom. The van der Waals surface area contributed by atoms with Crippen LogP contribution in [0.5, 0.6) is 0 Å². The molecule has 100 valence electrons. The first kappa shape index (κ1) is 14.0. The predicted molar refractivity (Wildman–Crippen MR) is 72.4 cm³/mol. The van der Waals surface area contributed by atoms with E-state index in [-0.39, 0.29) is 21.6 Å². The molecule has 0 saturated heterocycles. The average molecular weight is 300 g/mol. The van der Waals surface area contributed by atoms with Gasteiger partial charge >= 0.3 is 0 Å². The number of benzene rings is 1. The molecule has 0 radical (unpaired) electrons. The topological polar surface area (TPSA) is 47.0 Å². The summed E-state index contributed by atoms with van der Waals surface area (Å²) in [5.74, 6) is -0.409. The number of hydrogen-bond donors (Lipinski definition) is 0. The number of halogens is 2. The predicted octanol–water partition coefficient (Wildman–Crippen LogP) is 3.33. The molecule has 0 aliphatic rings. The lowest BCUT2D eigenvalue weighted by molar-refractivity contribution is 0.597. The minimum absolute atomic E-state index is 0.00140. The van der Waals surface area contributed by atoms with E-state index in [1.54, 1.807) is 12.1 Å². The first-order valence-corrected chi connectivity index (χ1v) is 7.61. The Labute approximate surface area is 116 Å². The summed E-state index contributed by atoms with van der Waals surface area (Å²) in [6, 6.07) is 7.18. The van der Waals surface area contributed by atoms with Crippen molar-refractivity contribution in [1.82, 2.24) is 4.98 Å². The van der Waals surface area contributed by atoms with Crippen LogP contribution in [0.4, 0.5) is 4.39 Å². The summed E-state index contributed by atoms with van der Waals surface area (Å²) in [6.07, 6.45) is 1.46. The Morgan fingerprint density at radius 3 is 2.42 bits per heavy atom. The van der Waals surface area contributed by atoms with Crippen molar-refractivity contribution in [2.24, 2.45) is 0 Å². The van der Waals surface area contributed by atoms with Crippen molar-refractivity contribution in [3.8, 4) is 11.1 Å². The highest BCUT2D eigenvalue weighted by Gasteiger charge is 2.17. The maximum atomic E-state index is 12.9. The largest absolute Gasteiger partial charge is 0.243 e. The van der Waals surface area contributed by atoms with E-state index in [1.165, 1.54) is 31.3 Å². The van der Waals surface area contributed by atoms with Crippen molar-refractivity contribution < 1.29 is 12.8 Å². The molecule has 1 aromatic heterocycles. The molecule has 0 bridgehead atoms. The Morgan fingerprint density at radius 1 is 1.21 bits per heavy atom. The van der Waals surface area contributed by atoms with Crippen LogP contribution in [0.1, 0.15) is 6.92 Å². The summed E-state index contributed by atoms with van der Waals surface area (Å²) < 4.78 is 36.6. The van der Waals surface area contributed by atoms with Crippen LogP contribution in [0, 0.1) is 5.82 Å². The summed E-state index contributed by atoms with van der Waals surface area (Å²) in [7, 11) is -3.44. The van der Waals surface area contributed by atoms with E-state index in [0.717, 1.165) is 0 Å². The molecule has 3 nitrogen and oxygen atoms in total. The van der Waals surface area contributed by atoms with Gasteiger partial charge in [0.1, 0.15) is 15.9 Å². The molecule has 1 aromatic carbocycles. The Hall–Kier alpha value is -1.46. The number of rotatable bonds is 3. The zero-order valence-electron chi connectivity index (χ0n) is 10.1. The second kappa shape index (κ2) is 5.27. The molecule has 2 aromatic rings. The van der Waals surface area contributed by atoms with Crippen LogP contribution < -0.4 is 0 Å². The van der Waals surface area contributed by atoms with Crippen molar-refractivity contribution in [3.63, 3.8) is 0 Å². The number of pyridine rings is 1. The molecule has 0 amide bonds. The number of sulfone groups is 1. The molecule has 0 unspecified atom stereocenters. The average Bonchev–Trinajstić information content (AvgIpc) is 2.40. The van der Waals surface area contributed by atoms with Gasteiger partial charge in [0.25, 0.3) is 0 Å². The normalized spacial score (nSPS) is 11.5. The van der Waals surface area contributed by atoms with Gasteiger partial charge in [0.2, 0.25) is 0 Å². The van der Waals surface area contributed by atoms with E-state index < -0.39 is 9.84 Å². The smallest absolute Gasteiger partial charge is 0.181 e. The molecule has 0 fully saturated rings. The number of aromatic nitrogens is 1. The molecule has 0 N–H and O–H groups in total. The third-order valence-corrected chi connectivity index (χ3v) is 4.85. The van der Waals surface area contributed by atoms with Crippen molar-refractivity contribution in [1.29, 1.82) is 0 Å². The van der Waals surface area contributed by atoms with Crippen LogP contribution in [-0.2, 0) is 9.84 Å². The number of hydrogen-bond acceptors (Lipinski definition) is 3. The highest BCUT2D eigenvalue weighted by molar-refractivity contribution is 7.91. The minimum atomic E-state index is -3.44. The Balaban J connectivity index is 2.56. The Bertz CT molecular complexity index is 699. The first-order valence-electron chi connectivity index (χ1n) is 5.58. The van der Waals surface area contributed by atoms with Crippen molar-refractivity contribution in [2.75, 3.05) is 5.75 Å². The van der Waals surface area contributed by atoms with Gasteiger partial charge in [-0.2, -0.15) is 0 Å². The molecule has 6 heteroatoms. The molecular weight excluding hydrogens is 289 g/mol. The monoisotopic (exact) mass is 299 g/mol. The fourth-order valence-corrected chi connectivity index (χ4v) is 2.98. The van der Waals surface area contributed by atoms with Crippen molar-refractivity contribution >= 4 is 21.4 Å². The molecule has 0 aliphatic carbocycles. The van der Waals surface area contributed by atoms with Gasteiger partial charge in [-0.3, -0.25) is 0 Å². The second-order valence-corrected chi connectivity index (χ2v) is 6.53. The summed E-state index contributed by atoms with van der Waals surface area (Å²) in [4.78, 5) is 3.88. The molecule has 0 spiro atoms. The highest BCUT2D eigenvalue weighted by atomic mass is 35.5. The maximum Gasteiger partial charge on any atom is 0.181 e. The zero-order chi connectivity index (χ0) is 14.0. The molecule has 1 heterocycles. The van der Waals surface area contributed by atoms with Gasteiger partial charge in [0.05, 0.1) is 5.75 Å². The van der Waals surface area contributed by atoms with E-state index in [4.69, 9.17) is 11.6 Å². The zero-order valence-corrected chi connectivity index (χ0v) is 11.7. The van der Waals surface area contributed by atoms with E-state index >= 15 is 0 Å². The number of nitrogens with zero attached hydrogens (tertiary/aromatic N) is 1. The van der Waals surface area contributed by atoms with Crippen LogP contribution in [-0.4, -0.2) is 19.2 Å². The van der Waals surface area contributed by atoms with Gasteiger partial charge in [-0.25, -0.2) is 17.8 Å². The van der Waals surface area contributed by atoms with Gasteiger partial charge in [0, 0.05) is 11.8 Å². The van der Waals surface area contributed by atoms with Crippen molar-refractivity contribution in [2.45, 2.75) is 11.8 Å². The third kappa shape index (κ3) is 2.93. The quantitative estimate of drug-likeness (QED) is 0.817. The SMILES string of the molecule is CCS(=O)(=O)c1cc(-c2ccc(F)cc2)cnc1Cl. The van der Waals surface area contributed by atoms with Gasteiger partial charge < -0.3 is 0 Å². The van der Waals surface area contributed by atoms with E-state index in [9.17, 15) is 12.8 Å². The summed E-state index contributed by atoms with van der Waals surface area (Å²) in [5.41, 5.74) is 1.26. The fourth-order valence-electron chi connectivity index (χ4n) is 1.60. The molecule has 0 atom stereocenters. The van der Waals surface area contributed by atoms with Crippen LogP contribution in [0.3, 0.4) is 0 Å². The van der Waals surface area contributed by atoms with E-state index in [0.29, 0.717) is 11.1 Å². The van der Waals surface area contributed by atoms with Crippen LogP contribution >= 0.6 is 11.6 Å². The second-order valence-electron chi connectivity index (χ2n) is 3.92. The highest BCUT2D eigenvalue weighted by Crippen LogP contribution is 2.27. The van der Waals surface area contributed by atoms with E-state index in [2.05, 4.69) is 4.98 Å². The molecule has 19 heavy (non-hydrogen) atoms. The summed E-state index contributed by atoms with van der Waals surface area (Å²) in [5, 5.41) is -0.0484. The van der Waals surface area contributed by atoms with Crippen LogP contribution in [0.2, 0.25) is 5.15 Å². The first-order chi connectivity index (χ1) is 8.94. The minimum Gasteiger partial charge on any atom is -0.243 e. The fraction of sp³-hybridized carbons (Fsp3) is 0.154. The van der Waals surface area contributed by atoms with Gasteiger partial charge in [-0.1, -0.05) is 30.7 Å². The summed E-state index contributed by atoms with van der Waals surface area (Å²) >= 11 is 5.82. The maximum absolute atomic E-state index is 12.9. The lowest BCUT2D eigenvalue weighted by Crippen LogP contribution is -2.05. The van der Waals surface area contributed by atoms with Crippen LogP contribution in [0.15, 0.2) is 41.4 Å². The van der Waals surface area contributed by atoms with Gasteiger partial charge in [0.15, 0.2) is 9.84 Å². The lowest BCUT2D eigenvalue weighted by Gasteiger charge is -2.07. The Kier molecular flexibility index (Phi) is 3.87. The standard InChI is InChI=1S/C13H11ClFNO2S/c1-2-19(17,18)12-7-10(8-16-13(12)14)9-3-5-11(15)6-4-9/h3-8H,2H2,1H3. The molecule has 2 rings (SSSR count). The molecule has 0 saturated carbocycles. The summed E-state index contributed by atoms with van der Waals surface area (Å²) in [6.45, 7) is 1.54. The third-order valence-electron chi connectivity index (χ3n) is 2.70. The lowest BCUT2D eigenvalue weighted by atomic mass is 10.1. The van der Waals surface area contributed by atoms with Gasteiger partial charge in [-0.15, -0.1) is 0 Å². The van der Waals surface area contributed by atoms with Crippen LogP contribution in [0.25, 0.3) is 11.1 Å². The molecular formula is C13H11ClFNO2S. The van der Waals surface area contributed by atoms with E-state index in [1.807, 2.05) is 0 Å². The van der Waals surface area contributed by atoms with Gasteiger partial charge in [-0.05, 0) is 23.8 Å². The van der Waals surface area contributed by atoms with Crippen molar-refractivity contribution in [3.05, 3.63) is 47.5 Å². The molecule has 0 aliphatic heterocycles.